The maximum atomic E-state index is 4.01. The molecule has 0 atom stereocenters. The molecule has 0 fully saturated rings. The van der Waals surface area contributed by atoms with E-state index in [0.717, 1.165) is 8.72 Å². The Morgan fingerprint density at radius 1 is 1.78 bits per heavy atom. The number of halogens is 2. The van der Waals surface area contributed by atoms with Gasteiger partial charge in [0.25, 0.3) is 0 Å². The first-order valence-corrected chi connectivity index (χ1v) is 4.40. The van der Waals surface area contributed by atoms with Gasteiger partial charge in [-0.15, -0.1) is 0 Å². The van der Waals surface area contributed by atoms with E-state index in [4.69, 9.17) is 0 Å². The highest BCUT2D eigenvalue weighted by atomic mass is 79.9. The highest BCUT2D eigenvalue weighted by Gasteiger charge is 1.94. The molecule has 0 unspecified atom stereocenters. The molecule has 0 aliphatic rings. The van der Waals surface area contributed by atoms with Gasteiger partial charge in [-0.25, -0.2) is 4.68 Å². The molecule has 1 heterocycles. The molecule has 0 saturated heterocycles. The molecule has 50 valence electrons. The van der Waals surface area contributed by atoms with Crippen LogP contribution in [-0.4, -0.2) is 9.78 Å². The normalized spacial score (nSPS) is 12.6. The first-order chi connectivity index (χ1) is 4.24. The Hall–Kier alpha value is 0.320. The van der Waals surface area contributed by atoms with E-state index >= 15 is 0 Å². The van der Waals surface area contributed by atoms with Crippen molar-refractivity contribution < 1.29 is 0 Å². The van der Waals surface area contributed by atoms with Crippen molar-refractivity contribution in [2.75, 3.05) is 0 Å². The highest BCUT2D eigenvalue weighted by molar-refractivity contribution is 9.11. The van der Waals surface area contributed by atoms with Crippen molar-refractivity contribution in [3.63, 3.8) is 0 Å². The molecule has 0 aromatic carbocycles. The Labute approximate surface area is 72.9 Å². The lowest BCUT2D eigenvalue weighted by atomic mass is 11.2. The first kappa shape index (κ1) is 7.43. The van der Waals surface area contributed by atoms with Crippen LogP contribution in [0.1, 0.15) is 0 Å². The highest BCUT2D eigenvalue weighted by Crippen LogP contribution is 2.06. The van der Waals surface area contributed by atoms with Crippen LogP contribution in [-0.2, 0) is 7.05 Å². The van der Waals surface area contributed by atoms with E-state index in [2.05, 4.69) is 41.2 Å². The average Bonchev–Trinajstić information content (AvgIpc) is 2.10. The Kier molecular flexibility index (Phi) is 2.42. The fraction of sp³-hybridized carbons (Fsp3) is 0.333. The summed E-state index contributed by atoms with van der Waals surface area (Å²) in [6.07, 6.45) is 0. The van der Waals surface area contributed by atoms with Gasteiger partial charge in [0.15, 0.2) is 3.92 Å². The van der Waals surface area contributed by atoms with Crippen LogP contribution in [0.2, 0.25) is 0 Å². The standard InChI is InChI=1S/C3H3Br2N3S/c1-8-3(6-5)9-2(4)7-8/h1H3. The summed E-state index contributed by atoms with van der Waals surface area (Å²) in [6, 6.07) is 0. The molecule has 0 spiro atoms. The van der Waals surface area contributed by atoms with Crippen molar-refractivity contribution in [2.45, 2.75) is 0 Å². The summed E-state index contributed by atoms with van der Waals surface area (Å²) >= 11 is 7.67. The third-order valence-electron chi connectivity index (χ3n) is 0.753. The molecule has 0 N–H and O–H groups in total. The molecule has 9 heavy (non-hydrogen) atoms. The zero-order chi connectivity index (χ0) is 6.85. The lowest BCUT2D eigenvalue weighted by molar-refractivity contribution is 0.728. The molecule has 3 nitrogen and oxygen atoms in total. The van der Waals surface area contributed by atoms with Gasteiger partial charge < -0.3 is 0 Å². The van der Waals surface area contributed by atoms with Crippen LogP contribution >= 0.6 is 43.4 Å². The Morgan fingerprint density at radius 2 is 2.44 bits per heavy atom. The number of aryl methyl sites for hydroxylation is 1. The third kappa shape index (κ3) is 1.62. The van der Waals surface area contributed by atoms with Crippen LogP contribution in [0.5, 0.6) is 0 Å². The van der Waals surface area contributed by atoms with Crippen LogP contribution in [0.3, 0.4) is 0 Å². The van der Waals surface area contributed by atoms with Gasteiger partial charge in [-0.05, 0) is 15.9 Å². The summed E-state index contributed by atoms with van der Waals surface area (Å²) in [4.78, 5) is 0.835. The number of hydrogen-bond acceptors (Lipinski definition) is 3. The third-order valence-corrected chi connectivity index (χ3v) is 2.76. The topological polar surface area (TPSA) is 30.2 Å². The summed E-state index contributed by atoms with van der Waals surface area (Å²) in [5.74, 6) is 0. The number of hydrogen-bond donors (Lipinski definition) is 0. The van der Waals surface area contributed by atoms with Gasteiger partial charge in [-0.1, -0.05) is 11.3 Å². The summed E-state index contributed by atoms with van der Waals surface area (Å²) in [7, 11) is 1.83. The summed E-state index contributed by atoms with van der Waals surface area (Å²) in [5.41, 5.74) is 0. The predicted molar refractivity (Wildman–Crippen MR) is 43.3 cm³/mol. The van der Waals surface area contributed by atoms with Gasteiger partial charge >= 0.3 is 0 Å². The zero-order valence-corrected chi connectivity index (χ0v) is 8.49. The van der Waals surface area contributed by atoms with E-state index in [1.54, 1.807) is 4.68 Å². The second-order valence-electron chi connectivity index (χ2n) is 1.35. The molecule has 6 heteroatoms. The second-order valence-corrected chi connectivity index (χ2v) is 3.93. The van der Waals surface area contributed by atoms with Crippen molar-refractivity contribution >= 4 is 43.4 Å². The molecular formula is C3H3Br2N3S. The minimum atomic E-state index is 0.835. The number of nitrogens with zero attached hydrogens (tertiary/aromatic N) is 3. The van der Waals surface area contributed by atoms with E-state index < -0.39 is 0 Å². The molecular weight excluding hydrogens is 270 g/mol. The molecule has 0 radical (unpaired) electrons. The SMILES string of the molecule is Cn1nc(Br)sc1=NBr. The Morgan fingerprint density at radius 3 is 2.67 bits per heavy atom. The van der Waals surface area contributed by atoms with Gasteiger partial charge in [0.2, 0.25) is 4.80 Å². The molecule has 0 aliphatic heterocycles. The van der Waals surface area contributed by atoms with E-state index in [0.29, 0.717) is 0 Å². The van der Waals surface area contributed by atoms with Crippen molar-refractivity contribution in [3.8, 4) is 0 Å². The van der Waals surface area contributed by atoms with Crippen LogP contribution in [0.4, 0.5) is 0 Å². The molecule has 0 amide bonds. The molecule has 0 aliphatic carbocycles. The smallest absolute Gasteiger partial charge is 0.215 e. The Balaban J connectivity index is 3.33. The maximum Gasteiger partial charge on any atom is 0.215 e. The molecule has 1 aromatic heterocycles. The Bertz CT molecular complexity index is 262. The van der Waals surface area contributed by atoms with Crippen LogP contribution < -0.4 is 4.80 Å². The number of aromatic nitrogens is 2. The van der Waals surface area contributed by atoms with Crippen LogP contribution in [0.15, 0.2) is 7.94 Å². The van der Waals surface area contributed by atoms with Gasteiger partial charge in [0, 0.05) is 7.05 Å². The first-order valence-electron chi connectivity index (χ1n) is 2.08. The fourth-order valence-electron chi connectivity index (χ4n) is 0.394. The van der Waals surface area contributed by atoms with Gasteiger partial charge in [-0.2, -0.15) is 9.12 Å². The van der Waals surface area contributed by atoms with E-state index in [9.17, 15) is 0 Å². The van der Waals surface area contributed by atoms with Crippen LogP contribution in [0, 0.1) is 0 Å². The maximum absolute atomic E-state index is 4.01. The molecule has 0 bridgehead atoms. The fourth-order valence-corrected chi connectivity index (χ4v) is 2.03. The number of rotatable bonds is 0. The molecule has 1 aromatic rings. The van der Waals surface area contributed by atoms with E-state index in [1.165, 1.54) is 11.3 Å². The van der Waals surface area contributed by atoms with Gasteiger partial charge in [0.05, 0.1) is 16.1 Å². The van der Waals surface area contributed by atoms with Gasteiger partial charge in [0.1, 0.15) is 0 Å². The minimum Gasteiger partial charge on any atom is -0.240 e. The van der Waals surface area contributed by atoms with Crippen LogP contribution in [0.25, 0.3) is 0 Å². The summed E-state index contributed by atoms with van der Waals surface area (Å²) in [5, 5.41) is 4.01. The summed E-state index contributed by atoms with van der Waals surface area (Å²) < 4.78 is 6.31. The van der Waals surface area contributed by atoms with Crippen molar-refractivity contribution in [1.82, 2.24) is 9.78 Å². The van der Waals surface area contributed by atoms with E-state index in [-0.39, 0.29) is 0 Å². The predicted octanol–water partition coefficient (Wildman–Crippen LogP) is 1.45. The largest absolute Gasteiger partial charge is 0.240 e. The lowest BCUT2D eigenvalue weighted by Crippen LogP contribution is -2.09. The van der Waals surface area contributed by atoms with E-state index in [1.807, 2.05) is 7.05 Å². The molecule has 1 rings (SSSR count). The summed E-state index contributed by atoms with van der Waals surface area (Å²) in [6.45, 7) is 0. The minimum absolute atomic E-state index is 0.835. The average molecular weight is 273 g/mol. The second kappa shape index (κ2) is 2.94. The van der Waals surface area contributed by atoms with Crippen molar-refractivity contribution in [1.29, 1.82) is 0 Å². The molecule has 0 saturated carbocycles. The lowest BCUT2D eigenvalue weighted by Gasteiger charge is -1.80. The van der Waals surface area contributed by atoms with Crippen molar-refractivity contribution in [3.05, 3.63) is 8.72 Å². The van der Waals surface area contributed by atoms with Gasteiger partial charge in [-0.3, -0.25) is 0 Å². The monoisotopic (exact) mass is 271 g/mol. The zero-order valence-electron chi connectivity index (χ0n) is 4.51. The van der Waals surface area contributed by atoms with Crippen molar-refractivity contribution in [2.24, 2.45) is 11.1 Å². The quantitative estimate of drug-likeness (QED) is 0.703.